The van der Waals surface area contributed by atoms with Gasteiger partial charge in [0, 0.05) is 19.7 Å². The standard InChI is InChI=1S/C12H20N2O/c1-14(2)12(8-13)11-7-5-4-6-10(11)9-15-3/h4-7,12H,8-9,13H2,1-3H3. The summed E-state index contributed by atoms with van der Waals surface area (Å²) in [6.07, 6.45) is 0. The van der Waals surface area contributed by atoms with Crippen molar-refractivity contribution >= 4 is 0 Å². The van der Waals surface area contributed by atoms with E-state index in [4.69, 9.17) is 10.5 Å². The first-order valence-electron chi connectivity index (χ1n) is 5.14. The summed E-state index contributed by atoms with van der Waals surface area (Å²) < 4.78 is 5.18. The number of benzene rings is 1. The molecule has 0 bridgehead atoms. The van der Waals surface area contributed by atoms with E-state index >= 15 is 0 Å². The summed E-state index contributed by atoms with van der Waals surface area (Å²) >= 11 is 0. The van der Waals surface area contributed by atoms with Crippen LogP contribution in [0.1, 0.15) is 17.2 Å². The van der Waals surface area contributed by atoms with E-state index in [1.807, 2.05) is 26.2 Å². The van der Waals surface area contributed by atoms with Gasteiger partial charge in [0.25, 0.3) is 0 Å². The minimum absolute atomic E-state index is 0.261. The highest BCUT2D eigenvalue weighted by Gasteiger charge is 2.14. The lowest BCUT2D eigenvalue weighted by atomic mass is 10.00. The summed E-state index contributed by atoms with van der Waals surface area (Å²) in [7, 11) is 5.80. The Hall–Kier alpha value is -0.900. The van der Waals surface area contributed by atoms with E-state index in [2.05, 4.69) is 17.0 Å². The third-order valence-corrected chi connectivity index (χ3v) is 2.56. The van der Waals surface area contributed by atoms with Gasteiger partial charge in [0.15, 0.2) is 0 Å². The molecule has 0 saturated carbocycles. The highest BCUT2D eigenvalue weighted by atomic mass is 16.5. The van der Waals surface area contributed by atoms with Gasteiger partial charge in [0.1, 0.15) is 0 Å². The number of hydrogen-bond donors (Lipinski definition) is 1. The van der Waals surface area contributed by atoms with Crippen LogP contribution in [0.4, 0.5) is 0 Å². The minimum Gasteiger partial charge on any atom is -0.380 e. The second-order valence-corrected chi connectivity index (χ2v) is 3.85. The van der Waals surface area contributed by atoms with Crippen molar-refractivity contribution in [3.63, 3.8) is 0 Å². The van der Waals surface area contributed by atoms with Gasteiger partial charge in [0.05, 0.1) is 6.61 Å². The molecule has 15 heavy (non-hydrogen) atoms. The van der Waals surface area contributed by atoms with Crippen LogP contribution < -0.4 is 5.73 Å². The van der Waals surface area contributed by atoms with Crippen LogP contribution >= 0.6 is 0 Å². The van der Waals surface area contributed by atoms with Gasteiger partial charge in [-0.3, -0.25) is 0 Å². The van der Waals surface area contributed by atoms with E-state index in [1.54, 1.807) is 7.11 Å². The Kier molecular flexibility index (Phi) is 4.75. The highest BCUT2D eigenvalue weighted by Crippen LogP contribution is 2.21. The Labute approximate surface area is 91.8 Å². The van der Waals surface area contributed by atoms with E-state index in [0.29, 0.717) is 13.2 Å². The molecule has 2 N–H and O–H groups in total. The molecule has 84 valence electrons. The van der Waals surface area contributed by atoms with Crippen molar-refractivity contribution in [2.75, 3.05) is 27.7 Å². The van der Waals surface area contributed by atoms with Gasteiger partial charge in [0.2, 0.25) is 0 Å². The van der Waals surface area contributed by atoms with Gasteiger partial charge in [-0.25, -0.2) is 0 Å². The number of likely N-dealkylation sites (N-methyl/N-ethyl adjacent to an activating group) is 1. The van der Waals surface area contributed by atoms with Crippen molar-refractivity contribution in [2.45, 2.75) is 12.6 Å². The van der Waals surface area contributed by atoms with Gasteiger partial charge in [-0.2, -0.15) is 0 Å². The molecule has 0 radical (unpaired) electrons. The Bertz CT molecular complexity index is 299. The van der Waals surface area contributed by atoms with Gasteiger partial charge in [-0.15, -0.1) is 0 Å². The van der Waals surface area contributed by atoms with E-state index in [9.17, 15) is 0 Å². The summed E-state index contributed by atoms with van der Waals surface area (Å²) in [6.45, 7) is 1.26. The second kappa shape index (κ2) is 5.85. The Morgan fingerprint density at radius 2 is 2.00 bits per heavy atom. The molecule has 0 spiro atoms. The molecule has 3 heteroatoms. The van der Waals surface area contributed by atoms with Crippen LogP contribution in [0, 0.1) is 0 Å². The van der Waals surface area contributed by atoms with Gasteiger partial charge in [-0.1, -0.05) is 24.3 Å². The molecule has 0 fully saturated rings. The molecular weight excluding hydrogens is 188 g/mol. The van der Waals surface area contributed by atoms with Crippen LogP contribution in [0.15, 0.2) is 24.3 Å². The smallest absolute Gasteiger partial charge is 0.0716 e. The molecule has 1 atom stereocenters. The molecule has 0 aliphatic rings. The summed E-state index contributed by atoms with van der Waals surface area (Å²) in [4.78, 5) is 2.13. The lowest BCUT2D eigenvalue weighted by molar-refractivity contribution is 0.181. The van der Waals surface area contributed by atoms with E-state index in [-0.39, 0.29) is 6.04 Å². The van der Waals surface area contributed by atoms with E-state index in [0.717, 1.165) is 0 Å². The largest absolute Gasteiger partial charge is 0.380 e. The average molecular weight is 208 g/mol. The number of hydrogen-bond acceptors (Lipinski definition) is 3. The number of ether oxygens (including phenoxy) is 1. The van der Waals surface area contributed by atoms with Crippen LogP contribution in [0.5, 0.6) is 0 Å². The number of rotatable bonds is 5. The molecule has 0 amide bonds. The SMILES string of the molecule is COCc1ccccc1C(CN)N(C)C. The van der Waals surface area contributed by atoms with E-state index < -0.39 is 0 Å². The molecule has 0 aromatic heterocycles. The van der Waals surface area contributed by atoms with Crippen molar-refractivity contribution in [3.05, 3.63) is 35.4 Å². The predicted molar refractivity (Wildman–Crippen MR) is 62.6 cm³/mol. The quantitative estimate of drug-likeness (QED) is 0.795. The van der Waals surface area contributed by atoms with Crippen LogP contribution in [0.3, 0.4) is 0 Å². The van der Waals surface area contributed by atoms with Crippen LogP contribution in [-0.2, 0) is 11.3 Å². The van der Waals surface area contributed by atoms with Crippen molar-refractivity contribution in [1.82, 2.24) is 4.90 Å². The monoisotopic (exact) mass is 208 g/mol. The molecule has 0 saturated heterocycles. The molecule has 0 heterocycles. The molecule has 0 aliphatic heterocycles. The third kappa shape index (κ3) is 3.02. The first kappa shape index (κ1) is 12.2. The molecular formula is C12H20N2O. The van der Waals surface area contributed by atoms with Crippen LogP contribution in [-0.4, -0.2) is 32.6 Å². The average Bonchev–Trinajstić information content (AvgIpc) is 2.21. The third-order valence-electron chi connectivity index (χ3n) is 2.56. The van der Waals surface area contributed by atoms with Gasteiger partial charge < -0.3 is 15.4 Å². The second-order valence-electron chi connectivity index (χ2n) is 3.85. The van der Waals surface area contributed by atoms with Crippen molar-refractivity contribution in [1.29, 1.82) is 0 Å². The topological polar surface area (TPSA) is 38.5 Å². The summed E-state index contributed by atoms with van der Waals surface area (Å²) in [6, 6.07) is 8.54. The fraction of sp³-hybridized carbons (Fsp3) is 0.500. The predicted octanol–water partition coefficient (Wildman–Crippen LogP) is 1.39. The molecule has 1 aromatic carbocycles. The number of nitrogens with zero attached hydrogens (tertiary/aromatic N) is 1. The number of methoxy groups -OCH3 is 1. The van der Waals surface area contributed by atoms with Crippen molar-refractivity contribution < 1.29 is 4.74 Å². The zero-order valence-corrected chi connectivity index (χ0v) is 9.73. The maximum Gasteiger partial charge on any atom is 0.0716 e. The fourth-order valence-corrected chi connectivity index (χ4v) is 1.76. The first-order valence-corrected chi connectivity index (χ1v) is 5.14. The van der Waals surface area contributed by atoms with Gasteiger partial charge in [-0.05, 0) is 25.2 Å². The Balaban J connectivity index is 2.99. The Morgan fingerprint density at radius 1 is 1.33 bits per heavy atom. The van der Waals surface area contributed by atoms with Crippen LogP contribution in [0.2, 0.25) is 0 Å². The summed E-state index contributed by atoms with van der Waals surface area (Å²) in [5.74, 6) is 0. The molecule has 3 nitrogen and oxygen atoms in total. The molecule has 1 unspecified atom stereocenters. The van der Waals surface area contributed by atoms with E-state index in [1.165, 1.54) is 11.1 Å². The van der Waals surface area contributed by atoms with Gasteiger partial charge >= 0.3 is 0 Å². The zero-order chi connectivity index (χ0) is 11.3. The lowest BCUT2D eigenvalue weighted by Gasteiger charge is -2.25. The summed E-state index contributed by atoms with van der Waals surface area (Å²) in [5, 5.41) is 0. The number of nitrogens with two attached hydrogens (primary N) is 1. The van der Waals surface area contributed by atoms with Crippen molar-refractivity contribution in [3.8, 4) is 0 Å². The molecule has 1 rings (SSSR count). The van der Waals surface area contributed by atoms with Crippen molar-refractivity contribution in [2.24, 2.45) is 5.73 Å². The Morgan fingerprint density at radius 3 is 2.53 bits per heavy atom. The van der Waals surface area contributed by atoms with Crippen LogP contribution in [0.25, 0.3) is 0 Å². The fourth-order valence-electron chi connectivity index (χ4n) is 1.76. The molecule has 0 aliphatic carbocycles. The normalized spacial score (nSPS) is 13.1. The zero-order valence-electron chi connectivity index (χ0n) is 9.73. The molecule has 1 aromatic rings. The minimum atomic E-state index is 0.261. The first-order chi connectivity index (χ1) is 7.20. The lowest BCUT2D eigenvalue weighted by Crippen LogP contribution is -2.28. The maximum atomic E-state index is 5.79. The highest BCUT2D eigenvalue weighted by molar-refractivity contribution is 5.29. The maximum absolute atomic E-state index is 5.79. The summed E-state index contributed by atoms with van der Waals surface area (Å²) in [5.41, 5.74) is 8.26.